The van der Waals surface area contributed by atoms with E-state index in [4.69, 9.17) is 10.5 Å². The minimum Gasteiger partial charge on any atom is -0.389 e. The molecule has 0 spiro atoms. The van der Waals surface area contributed by atoms with Crippen molar-refractivity contribution in [2.75, 3.05) is 26.8 Å². The van der Waals surface area contributed by atoms with Crippen molar-refractivity contribution in [2.24, 2.45) is 5.73 Å². The Balaban J connectivity index is 2.43. The van der Waals surface area contributed by atoms with Crippen LogP contribution in [0.5, 0.6) is 0 Å². The maximum Gasteiger partial charge on any atom is 0.0756 e. The number of hydrogen-bond acceptors (Lipinski definition) is 4. The molecular formula is C12H26N2O2. The van der Waals surface area contributed by atoms with E-state index in [0.717, 1.165) is 19.6 Å². The lowest BCUT2D eigenvalue weighted by molar-refractivity contribution is 0.0210. The van der Waals surface area contributed by atoms with E-state index >= 15 is 0 Å². The molecule has 1 saturated carbocycles. The SMILES string of the molecule is COCCN(C(C)CC(C)(O)CN)C1CC1. The molecule has 1 aliphatic rings. The van der Waals surface area contributed by atoms with Crippen molar-refractivity contribution in [2.45, 2.75) is 50.8 Å². The summed E-state index contributed by atoms with van der Waals surface area (Å²) in [5.41, 5.74) is 4.80. The van der Waals surface area contributed by atoms with Crippen molar-refractivity contribution < 1.29 is 9.84 Å². The minimum atomic E-state index is -0.750. The summed E-state index contributed by atoms with van der Waals surface area (Å²) in [5.74, 6) is 0. The minimum absolute atomic E-state index is 0.320. The van der Waals surface area contributed by atoms with Crippen LogP contribution < -0.4 is 5.73 Å². The molecule has 0 aromatic rings. The van der Waals surface area contributed by atoms with Crippen LogP contribution in [0.1, 0.15) is 33.1 Å². The average Bonchev–Trinajstić information content (AvgIpc) is 3.02. The monoisotopic (exact) mass is 230 g/mol. The molecule has 0 aromatic carbocycles. The van der Waals surface area contributed by atoms with Gasteiger partial charge in [-0.2, -0.15) is 0 Å². The highest BCUT2D eigenvalue weighted by Crippen LogP contribution is 2.30. The highest BCUT2D eigenvalue weighted by atomic mass is 16.5. The first-order chi connectivity index (χ1) is 7.50. The van der Waals surface area contributed by atoms with Gasteiger partial charge in [-0.15, -0.1) is 0 Å². The summed E-state index contributed by atoms with van der Waals surface area (Å²) < 4.78 is 5.13. The Labute approximate surface area is 98.8 Å². The van der Waals surface area contributed by atoms with Crippen molar-refractivity contribution >= 4 is 0 Å². The van der Waals surface area contributed by atoms with Crippen molar-refractivity contribution in [3.63, 3.8) is 0 Å². The van der Waals surface area contributed by atoms with Crippen molar-refractivity contribution in [3.8, 4) is 0 Å². The second-order valence-electron chi connectivity index (χ2n) is 5.22. The van der Waals surface area contributed by atoms with E-state index in [2.05, 4.69) is 11.8 Å². The maximum absolute atomic E-state index is 9.99. The van der Waals surface area contributed by atoms with Gasteiger partial charge < -0.3 is 15.6 Å². The Hall–Kier alpha value is -0.160. The molecule has 0 bridgehead atoms. The number of nitrogens with two attached hydrogens (primary N) is 1. The van der Waals surface area contributed by atoms with Gasteiger partial charge in [0.1, 0.15) is 0 Å². The third kappa shape index (κ3) is 4.37. The number of nitrogens with zero attached hydrogens (tertiary/aromatic N) is 1. The van der Waals surface area contributed by atoms with E-state index < -0.39 is 5.60 Å². The van der Waals surface area contributed by atoms with E-state index in [1.165, 1.54) is 12.8 Å². The first kappa shape index (κ1) is 13.9. The molecule has 1 rings (SSSR count). The summed E-state index contributed by atoms with van der Waals surface area (Å²) in [6, 6.07) is 1.06. The Kier molecular flexibility index (Phi) is 5.18. The van der Waals surface area contributed by atoms with Crippen LogP contribution in [0.25, 0.3) is 0 Å². The second kappa shape index (κ2) is 5.96. The van der Waals surface area contributed by atoms with Crippen LogP contribution in [0.4, 0.5) is 0 Å². The van der Waals surface area contributed by atoms with Gasteiger partial charge in [-0.3, -0.25) is 4.90 Å². The molecule has 4 nitrogen and oxygen atoms in total. The third-order valence-electron chi connectivity index (χ3n) is 3.31. The summed E-state index contributed by atoms with van der Waals surface area (Å²) >= 11 is 0. The highest BCUT2D eigenvalue weighted by molar-refractivity contribution is 4.90. The number of methoxy groups -OCH3 is 1. The zero-order valence-corrected chi connectivity index (χ0v) is 10.8. The zero-order valence-electron chi connectivity index (χ0n) is 10.8. The molecule has 0 aromatic heterocycles. The Bertz CT molecular complexity index is 205. The summed E-state index contributed by atoms with van der Waals surface area (Å²) in [4.78, 5) is 2.44. The third-order valence-corrected chi connectivity index (χ3v) is 3.31. The summed E-state index contributed by atoms with van der Waals surface area (Å²) in [7, 11) is 1.73. The molecule has 1 fully saturated rings. The van der Waals surface area contributed by atoms with Crippen molar-refractivity contribution in [1.29, 1.82) is 0 Å². The normalized spacial score (nSPS) is 22.1. The molecule has 4 heteroatoms. The number of hydrogen-bond donors (Lipinski definition) is 2. The lowest BCUT2D eigenvalue weighted by Crippen LogP contribution is -2.45. The largest absolute Gasteiger partial charge is 0.389 e. The lowest BCUT2D eigenvalue weighted by Gasteiger charge is -2.33. The van der Waals surface area contributed by atoms with Gasteiger partial charge in [0.25, 0.3) is 0 Å². The molecule has 0 saturated heterocycles. The average molecular weight is 230 g/mol. The predicted octanol–water partition coefficient (Wildman–Crippen LogP) is 0.586. The van der Waals surface area contributed by atoms with E-state index in [1.54, 1.807) is 7.11 Å². The molecule has 0 heterocycles. The molecule has 0 radical (unpaired) electrons. The predicted molar refractivity (Wildman–Crippen MR) is 65.4 cm³/mol. The molecule has 0 amide bonds. The van der Waals surface area contributed by atoms with Crippen molar-refractivity contribution in [3.05, 3.63) is 0 Å². The first-order valence-corrected chi connectivity index (χ1v) is 6.17. The standard InChI is InChI=1S/C12H26N2O2/c1-10(8-12(2,15)9-13)14(6-7-16-3)11-4-5-11/h10-11,15H,4-9,13H2,1-3H3. The Morgan fingerprint density at radius 3 is 2.62 bits per heavy atom. The molecule has 3 N–H and O–H groups in total. The molecule has 1 aliphatic carbocycles. The van der Waals surface area contributed by atoms with Crippen LogP contribution in [0, 0.1) is 0 Å². The molecule has 2 atom stereocenters. The van der Waals surface area contributed by atoms with Crippen LogP contribution in [0.3, 0.4) is 0 Å². The number of aliphatic hydroxyl groups is 1. The summed E-state index contributed by atoms with van der Waals surface area (Å²) in [6.07, 6.45) is 3.28. The molecule has 96 valence electrons. The lowest BCUT2D eigenvalue weighted by atomic mass is 9.97. The quantitative estimate of drug-likeness (QED) is 0.640. The van der Waals surface area contributed by atoms with E-state index in [-0.39, 0.29) is 0 Å². The van der Waals surface area contributed by atoms with Gasteiger partial charge in [0, 0.05) is 32.3 Å². The van der Waals surface area contributed by atoms with E-state index in [1.807, 2.05) is 6.92 Å². The van der Waals surface area contributed by atoms with Gasteiger partial charge in [0.2, 0.25) is 0 Å². The van der Waals surface area contributed by atoms with E-state index in [0.29, 0.717) is 18.6 Å². The Morgan fingerprint density at radius 1 is 1.56 bits per heavy atom. The van der Waals surface area contributed by atoms with Crippen LogP contribution in [0.2, 0.25) is 0 Å². The van der Waals surface area contributed by atoms with Gasteiger partial charge in [0.05, 0.1) is 12.2 Å². The molecule has 0 aliphatic heterocycles. The fraction of sp³-hybridized carbons (Fsp3) is 1.00. The van der Waals surface area contributed by atoms with Crippen LogP contribution >= 0.6 is 0 Å². The molecule has 2 unspecified atom stereocenters. The number of rotatable bonds is 8. The number of ether oxygens (including phenoxy) is 1. The van der Waals surface area contributed by atoms with Gasteiger partial charge in [0.15, 0.2) is 0 Å². The Morgan fingerprint density at radius 2 is 2.19 bits per heavy atom. The van der Waals surface area contributed by atoms with Gasteiger partial charge in [-0.1, -0.05) is 0 Å². The van der Waals surface area contributed by atoms with Gasteiger partial charge in [-0.05, 0) is 33.1 Å². The van der Waals surface area contributed by atoms with E-state index in [9.17, 15) is 5.11 Å². The topological polar surface area (TPSA) is 58.7 Å². The fourth-order valence-electron chi connectivity index (χ4n) is 2.20. The van der Waals surface area contributed by atoms with Crippen LogP contribution in [0.15, 0.2) is 0 Å². The fourth-order valence-corrected chi connectivity index (χ4v) is 2.20. The smallest absolute Gasteiger partial charge is 0.0756 e. The molecule has 16 heavy (non-hydrogen) atoms. The van der Waals surface area contributed by atoms with Crippen LogP contribution in [-0.2, 0) is 4.74 Å². The van der Waals surface area contributed by atoms with Gasteiger partial charge in [-0.25, -0.2) is 0 Å². The van der Waals surface area contributed by atoms with Crippen LogP contribution in [-0.4, -0.2) is 54.5 Å². The molecular weight excluding hydrogens is 204 g/mol. The highest BCUT2D eigenvalue weighted by Gasteiger charge is 2.34. The summed E-state index contributed by atoms with van der Waals surface area (Å²) in [6.45, 7) is 6.00. The summed E-state index contributed by atoms with van der Waals surface area (Å²) in [5, 5.41) is 9.99. The van der Waals surface area contributed by atoms with Crippen molar-refractivity contribution in [1.82, 2.24) is 4.90 Å². The first-order valence-electron chi connectivity index (χ1n) is 6.17. The zero-order chi connectivity index (χ0) is 12.2. The van der Waals surface area contributed by atoms with Gasteiger partial charge >= 0.3 is 0 Å². The second-order valence-corrected chi connectivity index (χ2v) is 5.22. The maximum atomic E-state index is 9.99.